The van der Waals surface area contributed by atoms with Gasteiger partial charge >= 0.3 is 0 Å². The molecule has 0 unspecified atom stereocenters. The van der Waals surface area contributed by atoms with E-state index in [1.54, 1.807) is 0 Å². The third-order valence-corrected chi connectivity index (χ3v) is 9.81. The average Bonchev–Trinajstić information content (AvgIpc) is 3.70. The van der Waals surface area contributed by atoms with Crippen LogP contribution in [0.1, 0.15) is 18.4 Å². The number of aromatic nitrogens is 5. The molecule has 0 N–H and O–H groups in total. The summed E-state index contributed by atoms with van der Waals surface area (Å²) in [5, 5.41) is 4.68. The third kappa shape index (κ3) is 4.59. The summed E-state index contributed by atoms with van der Waals surface area (Å²) in [4.78, 5) is 15.4. The van der Waals surface area contributed by atoms with Gasteiger partial charge in [0.15, 0.2) is 11.6 Å². The Morgan fingerprint density at radius 2 is 0.960 bits per heavy atom. The van der Waals surface area contributed by atoms with Gasteiger partial charge in [0.05, 0.1) is 22.1 Å². The topological polar surface area (TPSA) is 48.5 Å². The van der Waals surface area contributed by atoms with Crippen molar-refractivity contribution in [2.24, 2.45) is 0 Å². The second kappa shape index (κ2) is 11.5. The molecule has 0 bridgehead atoms. The molecule has 0 spiro atoms. The lowest BCUT2D eigenvalue weighted by atomic mass is 9.98. The van der Waals surface area contributed by atoms with Crippen LogP contribution in [-0.2, 0) is 0 Å². The van der Waals surface area contributed by atoms with E-state index in [9.17, 15) is 0 Å². The maximum absolute atomic E-state index is 5.22. The Kier molecular flexibility index (Phi) is 6.56. The Hall–Kier alpha value is -6.59. The largest absolute Gasteiger partial charge is 0.309 e. The van der Waals surface area contributed by atoms with Crippen molar-refractivity contribution in [3.05, 3.63) is 169 Å². The monoisotopic (exact) mass is 641 g/mol. The lowest BCUT2D eigenvalue weighted by Crippen LogP contribution is -2.06. The zero-order chi connectivity index (χ0) is 33.0. The van der Waals surface area contributed by atoms with Crippen LogP contribution in [0.3, 0.4) is 0 Å². The van der Waals surface area contributed by atoms with Gasteiger partial charge in [-0.3, -0.25) is 4.57 Å². The van der Waals surface area contributed by atoms with Crippen molar-refractivity contribution >= 4 is 49.2 Å². The lowest BCUT2D eigenvalue weighted by Gasteiger charge is -2.12. The van der Waals surface area contributed by atoms with E-state index in [4.69, 9.17) is 15.0 Å². The van der Waals surface area contributed by atoms with Gasteiger partial charge in [0.25, 0.3) is 0 Å². The Labute approximate surface area is 289 Å². The van der Waals surface area contributed by atoms with Crippen molar-refractivity contribution < 1.29 is 0 Å². The van der Waals surface area contributed by atoms with E-state index < -0.39 is 0 Å². The maximum atomic E-state index is 5.22. The van der Waals surface area contributed by atoms with Gasteiger partial charge in [-0.05, 0) is 60.4 Å². The Morgan fingerprint density at radius 3 is 1.60 bits per heavy atom. The first-order valence-electron chi connectivity index (χ1n) is 17.1. The molecule has 1 aliphatic rings. The van der Waals surface area contributed by atoms with Gasteiger partial charge in [-0.25, -0.2) is 4.98 Å². The predicted molar refractivity (Wildman–Crippen MR) is 206 cm³/mol. The van der Waals surface area contributed by atoms with Gasteiger partial charge in [0, 0.05) is 38.4 Å². The second-order valence-electron chi connectivity index (χ2n) is 12.8. The molecule has 0 saturated heterocycles. The van der Waals surface area contributed by atoms with Crippen molar-refractivity contribution in [3.63, 3.8) is 0 Å². The minimum Gasteiger partial charge on any atom is -0.309 e. The summed E-state index contributed by atoms with van der Waals surface area (Å²) in [6.07, 6.45) is 8.93. The van der Waals surface area contributed by atoms with Crippen LogP contribution in [0.25, 0.3) is 83.6 Å². The van der Waals surface area contributed by atoms with Crippen LogP contribution < -0.4 is 0 Å². The van der Waals surface area contributed by atoms with E-state index in [-0.39, 0.29) is 0 Å². The zero-order valence-electron chi connectivity index (χ0n) is 27.2. The summed E-state index contributed by atoms with van der Waals surface area (Å²) in [5.74, 6) is 1.87. The van der Waals surface area contributed by atoms with Crippen LogP contribution in [0.2, 0.25) is 0 Å². The van der Waals surface area contributed by atoms with E-state index in [0.29, 0.717) is 17.6 Å². The minimum atomic E-state index is 0.591. The van der Waals surface area contributed by atoms with Gasteiger partial charge in [-0.1, -0.05) is 127 Å². The van der Waals surface area contributed by atoms with E-state index in [1.165, 1.54) is 27.4 Å². The highest BCUT2D eigenvalue weighted by Gasteiger charge is 2.21. The molecule has 0 saturated carbocycles. The van der Waals surface area contributed by atoms with Crippen LogP contribution in [0.5, 0.6) is 0 Å². The van der Waals surface area contributed by atoms with E-state index in [0.717, 1.165) is 57.0 Å². The quantitative estimate of drug-likeness (QED) is 0.188. The summed E-state index contributed by atoms with van der Waals surface area (Å²) >= 11 is 0. The SMILES string of the molecule is C1=CC(c2ccc(-c3nc(-c4ccccc4)nc(-n4c5ccccc5c5cc6c(cc54)c4ccccc4n6-c4ccccc4)n3)cc2)=CCC1. The molecule has 5 heteroatoms. The summed E-state index contributed by atoms with van der Waals surface area (Å²) in [5.41, 5.74) is 9.93. The molecule has 3 aromatic heterocycles. The Bertz CT molecular complexity index is 2790. The molecule has 0 aliphatic heterocycles. The van der Waals surface area contributed by atoms with Crippen LogP contribution in [-0.4, -0.2) is 24.1 Å². The first kappa shape index (κ1) is 28.4. The highest BCUT2D eigenvalue weighted by atomic mass is 15.2. The van der Waals surface area contributed by atoms with E-state index >= 15 is 0 Å². The van der Waals surface area contributed by atoms with Crippen LogP contribution in [0, 0.1) is 0 Å². The summed E-state index contributed by atoms with van der Waals surface area (Å²) < 4.78 is 4.58. The molecule has 6 aromatic carbocycles. The number of nitrogens with zero attached hydrogens (tertiary/aromatic N) is 5. The second-order valence-corrected chi connectivity index (χ2v) is 12.8. The highest BCUT2D eigenvalue weighted by Crippen LogP contribution is 2.39. The Balaban J connectivity index is 1.24. The van der Waals surface area contributed by atoms with Gasteiger partial charge in [0.1, 0.15) is 0 Å². The molecule has 0 amide bonds. The first-order chi connectivity index (χ1) is 24.8. The first-order valence-corrected chi connectivity index (χ1v) is 17.1. The number of hydrogen-bond acceptors (Lipinski definition) is 3. The standard InChI is InChI=1S/C45H31N5/c1-4-14-30(15-5-1)31-24-26-33(27-25-31)44-46-43(32-16-6-2-7-17-32)47-45(48-44)50-40-23-13-11-21-36(40)38-28-41-37(29-42(38)50)35-20-10-12-22-39(35)49(41)34-18-8-3-9-19-34/h2-4,6-29H,1,5H2. The van der Waals surface area contributed by atoms with Gasteiger partial charge in [-0.15, -0.1) is 0 Å². The molecule has 236 valence electrons. The van der Waals surface area contributed by atoms with Crippen molar-refractivity contribution in [3.8, 4) is 34.4 Å². The van der Waals surface area contributed by atoms with Gasteiger partial charge in [-0.2, -0.15) is 9.97 Å². The van der Waals surface area contributed by atoms with Gasteiger partial charge in [0.2, 0.25) is 5.95 Å². The fourth-order valence-electron chi connectivity index (χ4n) is 7.45. The molecule has 9 aromatic rings. The van der Waals surface area contributed by atoms with Crippen LogP contribution in [0.15, 0.2) is 164 Å². The minimum absolute atomic E-state index is 0.591. The van der Waals surface area contributed by atoms with E-state index in [1.807, 2.05) is 18.2 Å². The number of hydrogen-bond donors (Lipinski definition) is 0. The van der Waals surface area contributed by atoms with Crippen LogP contribution >= 0.6 is 0 Å². The van der Waals surface area contributed by atoms with Crippen molar-refractivity contribution in [1.82, 2.24) is 24.1 Å². The smallest absolute Gasteiger partial charge is 0.238 e. The molecule has 5 nitrogen and oxygen atoms in total. The summed E-state index contributed by atoms with van der Waals surface area (Å²) in [6, 6.07) is 51.2. The number of rotatable bonds is 5. The molecule has 50 heavy (non-hydrogen) atoms. The third-order valence-electron chi connectivity index (χ3n) is 9.81. The molecular formula is C45H31N5. The number of allylic oxidation sites excluding steroid dienone is 4. The molecule has 0 fully saturated rings. The van der Waals surface area contributed by atoms with E-state index in [2.05, 4.69) is 155 Å². The molecule has 3 heterocycles. The molecule has 0 atom stereocenters. The van der Waals surface area contributed by atoms with Crippen molar-refractivity contribution in [2.45, 2.75) is 12.8 Å². The summed E-state index contributed by atoms with van der Waals surface area (Å²) in [7, 11) is 0. The number of benzene rings is 6. The molecule has 1 aliphatic carbocycles. The number of para-hydroxylation sites is 3. The fraction of sp³-hybridized carbons (Fsp3) is 0.0444. The highest BCUT2D eigenvalue weighted by molar-refractivity contribution is 6.18. The fourth-order valence-corrected chi connectivity index (χ4v) is 7.45. The molecular weight excluding hydrogens is 611 g/mol. The normalized spacial score (nSPS) is 13.1. The zero-order valence-corrected chi connectivity index (χ0v) is 27.2. The van der Waals surface area contributed by atoms with Crippen LogP contribution in [0.4, 0.5) is 0 Å². The predicted octanol–water partition coefficient (Wildman–Crippen LogP) is 11.1. The number of fused-ring (bicyclic) bond motifs is 6. The van der Waals surface area contributed by atoms with Crippen molar-refractivity contribution in [1.29, 1.82) is 0 Å². The molecule has 0 radical (unpaired) electrons. The van der Waals surface area contributed by atoms with Gasteiger partial charge < -0.3 is 4.57 Å². The maximum Gasteiger partial charge on any atom is 0.238 e. The summed E-state index contributed by atoms with van der Waals surface area (Å²) in [6.45, 7) is 0. The van der Waals surface area contributed by atoms with Crippen molar-refractivity contribution in [2.75, 3.05) is 0 Å². The average molecular weight is 642 g/mol. The lowest BCUT2D eigenvalue weighted by molar-refractivity contribution is 0.954. The molecule has 10 rings (SSSR count). The Morgan fingerprint density at radius 1 is 0.420 bits per heavy atom.